The van der Waals surface area contributed by atoms with Gasteiger partial charge < -0.3 is 10.5 Å². The third kappa shape index (κ3) is 3.12. The number of nitrogens with zero attached hydrogens (tertiary/aromatic N) is 1. The molecule has 4 nitrogen and oxygen atoms in total. The van der Waals surface area contributed by atoms with Crippen molar-refractivity contribution in [1.29, 1.82) is 0 Å². The van der Waals surface area contributed by atoms with Crippen molar-refractivity contribution in [1.82, 2.24) is 4.90 Å². The first kappa shape index (κ1) is 16.1. The highest BCUT2D eigenvalue weighted by Crippen LogP contribution is 2.36. The number of carbonyl (C=O) groups is 1. The van der Waals surface area contributed by atoms with Gasteiger partial charge in [0.1, 0.15) is 11.9 Å². The van der Waals surface area contributed by atoms with E-state index in [1.54, 1.807) is 17.0 Å². The molecule has 2 N–H and O–H groups in total. The number of hydrogen-bond donors (Lipinski definition) is 1. The summed E-state index contributed by atoms with van der Waals surface area (Å²) in [5, 5.41) is 0. The molecule has 2 aromatic rings. The maximum atomic E-state index is 13.4. The highest BCUT2D eigenvalue weighted by Gasteiger charge is 2.36. The van der Waals surface area contributed by atoms with Crippen molar-refractivity contribution >= 4 is 6.09 Å². The second-order valence-corrected chi connectivity index (χ2v) is 6.83. The molecule has 25 heavy (non-hydrogen) atoms. The van der Waals surface area contributed by atoms with Gasteiger partial charge in [0.15, 0.2) is 0 Å². The molecular weight excluding hydrogens is 319 g/mol. The molecular formula is C20H21FN2O2. The van der Waals surface area contributed by atoms with E-state index in [2.05, 4.69) is 6.07 Å². The van der Waals surface area contributed by atoms with Crippen molar-refractivity contribution in [2.75, 3.05) is 6.54 Å². The maximum absolute atomic E-state index is 13.4. The fraction of sp³-hybridized carbons (Fsp3) is 0.350. The van der Waals surface area contributed by atoms with Gasteiger partial charge in [-0.1, -0.05) is 36.4 Å². The third-order valence-electron chi connectivity index (χ3n) is 5.10. The minimum absolute atomic E-state index is 0.0893. The predicted molar refractivity (Wildman–Crippen MR) is 92.6 cm³/mol. The van der Waals surface area contributed by atoms with E-state index >= 15 is 0 Å². The van der Waals surface area contributed by atoms with E-state index in [1.807, 2.05) is 18.2 Å². The Morgan fingerprint density at radius 1 is 1.12 bits per heavy atom. The fourth-order valence-electron chi connectivity index (χ4n) is 3.68. The van der Waals surface area contributed by atoms with Gasteiger partial charge in [-0.2, -0.15) is 0 Å². The topological polar surface area (TPSA) is 55.6 Å². The molecule has 1 fully saturated rings. The van der Waals surface area contributed by atoms with Gasteiger partial charge in [-0.25, -0.2) is 9.18 Å². The minimum atomic E-state index is -0.319. The van der Waals surface area contributed by atoms with Crippen LogP contribution < -0.4 is 5.73 Å². The van der Waals surface area contributed by atoms with Gasteiger partial charge in [-0.05, 0) is 48.1 Å². The number of halogens is 1. The normalized spacial score (nSPS) is 25.0. The Labute approximate surface area is 146 Å². The number of ether oxygens (including phenoxy) is 1. The summed E-state index contributed by atoms with van der Waals surface area (Å²) in [6, 6.07) is 14.3. The predicted octanol–water partition coefficient (Wildman–Crippen LogP) is 3.40. The number of carbonyl (C=O) groups excluding carboxylic acids is 1. The largest absolute Gasteiger partial charge is 0.446 e. The monoisotopic (exact) mass is 340 g/mol. The van der Waals surface area contributed by atoms with Crippen LogP contribution in [0.4, 0.5) is 9.18 Å². The molecule has 0 saturated heterocycles. The summed E-state index contributed by atoms with van der Waals surface area (Å²) in [5.41, 5.74) is 8.95. The van der Waals surface area contributed by atoms with E-state index < -0.39 is 0 Å². The van der Waals surface area contributed by atoms with Gasteiger partial charge >= 0.3 is 6.09 Å². The summed E-state index contributed by atoms with van der Waals surface area (Å²) >= 11 is 0. The Kier molecular flexibility index (Phi) is 4.17. The van der Waals surface area contributed by atoms with Crippen LogP contribution in [0.25, 0.3) is 0 Å². The first-order valence-electron chi connectivity index (χ1n) is 8.68. The van der Waals surface area contributed by atoms with E-state index in [1.165, 1.54) is 17.7 Å². The van der Waals surface area contributed by atoms with Gasteiger partial charge in [-0.3, -0.25) is 4.90 Å². The Morgan fingerprint density at radius 2 is 1.84 bits per heavy atom. The van der Waals surface area contributed by atoms with Crippen LogP contribution in [-0.2, 0) is 11.2 Å². The number of hydrogen-bond acceptors (Lipinski definition) is 3. The van der Waals surface area contributed by atoms with E-state index in [4.69, 9.17) is 10.5 Å². The lowest BCUT2D eigenvalue weighted by Crippen LogP contribution is -2.47. The molecule has 0 spiro atoms. The van der Waals surface area contributed by atoms with Crippen molar-refractivity contribution in [3.05, 3.63) is 71.0 Å². The zero-order valence-electron chi connectivity index (χ0n) is 13.9. The number of amides is 1. The Bertz CT molecular complexity index is 772. The number of benzene rings is 2. The van der Waals surface area contributed by atoms with Crippen LogP contribution in [0.3, 0.4) is 0 Å². The summed E-state index contributed by atoms with van der Waals surface area (Å²) in [6.07, 6.45) is 1.82. The quantitative estimate of drug-likeness (QED) is 0.912. The molecule has 130 valence electrons. The molecule has 5 heteroatoms. The van der Waals surface area contributed by atoms with Gasteiger partial charge in [0.2, 0.25) is 0 Å². The smallest absolute Gasteiger partial charge is 0.410 e. The lowest BCUT2D eigenvalue weighted by Gasteiger charge is -2.39. The molecule has 1 heterocycles. The van der Waals surface area contributed by atoms with Crippen molar-refractivity contribution in [3.8, 4) is 0 Å². The van der Waals surface area contributed by atoms with Crippen molar-refractivity contribution < 1.29 is 13.9 Å². The zero-order valence-corrected chi connectivity index (χ0v) is 13.9. The van der Waals surface area contributed by atoms with Gasteiger partial charge in [0, 0.05) is 12.6 Å². The van der Waals surface area contributed by atoms with E-state index in [9.17, 15) is 9.18 Å². The molecule has 1 aliphatic heterocycles. The molecule has 4 rings (SSSR count). The molecule has 1 atom stereocenters. The molecule has 0 bridgehead atoms. The minimum Gasteiger partial charge on any atom is -0.446 e. The van der Waals surface area contributed by atoms with Crippen molar-refractivity contribution in [2.24, 2.45) is 5.73 Å². The van der Waals surface area contributed by atoms with Gasteiger partial charge in [0.05, 0.1) is 6.04 Å². The molecule has 0 radical (unpaired) electrons. The van der Waals surface area contributed by atoms with Crippen LogP contribution in [0.15, 0.2) is 48.5 Å². The second-order valence-electron chi connectivity index (χ2n) is 6.83. The van der Waals surface area contributed by atoms with Crippen LogP contribution in [0.5, 0.6) is 0 Å². The maximum Gasteiger partial charge on any atom is 0.410 e. The van der Waals surface area contributed by atoms with Crippen LogP contribution in [0.1, 0.15) is 35.6 Å². The Morgan fingerprint density at radius 3 is 2.56 bits per heavy atom. The fourth-order valence-corrected chi connectivity index (χ4v) is 3.68. The molecule has 2 aromatic carbocycles. The molecule has 0 unspecified atom stereocenters. The van der Waals surface area contributed by atoms with Crippen LogP contribution in [-0.4, -0.2) is 29.7 Å². The second kappa shape index (κ2) is 6.48. The third-order valence-corrected chi connectivity index (χ3v) is 5.10. The average Bonchev–Trinajstić information content (AvgIpc) is 2.60. The summed E-state index contributed by atoms with van der Waals surface area (Å²) in [4.78, 5) is 14.5. The van der Waals surface area contributed by atoms with E-state index in [0.717, 1.165) is 30.4 Å². The summed E-state index contributed by atoms with van der Waals surface area (Å²) in [6.45, 7) is 0.580. The van der Waals surface area contributed by atoms with Crippen LogP contribution >= 0.6 is 0 Å². The van der Waals surface area contributed by atoms with Crippen molar-refractivity contribution in [3.63, 3.8) is 0 Å². The molecule has 2 aliphatic rings. The van der Waals surface area contributed by atoms with Crippen LogP contribution in [0.2, 0.25) is 0 Å². The molecule has 1 aliphatic carbocycles. The summed E-state index contributed by atoms with van der Waals surface area (Å²) in [7, 11) is 0. The molecule has 0 aromatic heterocycles. The average molecular weight is 340 g/mol. The Hall–Kier alpha value is -2.40. The molecule has 1 saturated carbocycles. The van der Waals surface area contributed by atoms with Gasteiger partial charge in [-0.15, -0.1) is 0 Å². The highest BCUT2D eigenvalue weighted by molar-refractivity contribution is 5.70. The SMILES string of the molecule is N[C@H]1C[C@H](OC(=O)N2CCc3ccccc3[C@@H]2c2ccc(F)cc2)C1. The number of fused-ring (bicyclic) bond motifs is 1. The summed E-state index contributed by atoms with van der Waals surface area (Å²) in [5.74, 6) is -0.287. The number of rotatable bonds is 2. The van der Waals surface area contributed by atoms with E-state index in [-0.39, 0.29) is 30.1 Å². The lowest BCUT2D eigenvalue weighted by atomic mass is 9.88. The van der Waals surface area contributed by atoms with E-state index in [0.29, 0.717) is 6.54 Å². The summed E-state index contributed by atoms with van der Waals surface area (Å²) < 4.78 is 19.0. The van der Waals surface area contributed by atoms with Crippen molar-refractivity contribution in [2.45, 2.75) is 37.5 Å². The molecule has 1 amide bonds. The van der Waals surface area contributed by atoms with Gasteiger partial charge in [0.25, 0.3) is 0 Å². The lowest BCUT2D eigenvalue weighted by molar-refractivity contribution is 0.0119. The number of nitrogens with two attached hydrogens (primary N) is 1. The van der Waals surface area contributed by atoms with Crippen LogP contribution in [0, 0.1) is 5.82 Å². The Balaban J connectivity index is 1.65. The standard InChI is InChI=1S/C20H21FN2O2/c21-15-7-5-14(6-8-15)19-18-4-2-1-3-13(18)9-10-23(19)20(24)25-17-11-16(22)12-17/h1-8,16-17,19H,9-12,22H2/t16-,17-,19-/m0/s1. The first-order valence-corrected chi connectivity index (χ1v) is 8.68. The zero-order chi connectivity index (χ0) is 17.4. The first-order chi connectivity index (χ1) is 12.1. The highest BCUT2D eigenvalue weighted by atomic mass is 19.1.